The maximum Gasteiger partial charge on any atom is 0.310 e. The number of aliphatic carboxylic acids is 1. The smallest absolute Gasteiger partial charge is 0.310 e. The molecule has 0 fully saturated rings. The van der Waals surface area contributed by atoms with E-state index in [1.807, 2.05) is 30.3 Å². The summed E-state index contributed by atoms with van der Waals surface area (Å²) < 4.78 is 5.62. The van der Waals surface area contributed by atoms with Gasteiger partial charge in [-0.05, 0) is 29.8 Å². The Bertz CT molecular complexity index is 588. The van der Waals surface area contributed by atoms with Gasteiger partial charge in [0.2, 0.25) is 0 Å². The number of benzene rings is 2. The molecule has 0 spiro atoms. The minimum absolute atomic E-state index is 0.123. The maximum absolute atomic E-state index is 11.4. The Balaban J connectivity index is 1.96. The standard InChI is InChI=1S/C16H14O4/c17-13(11-16(18)19)10-12-6-8-15(9-7-12)20-14-4-2-1-3-5-14/h1-9H,10-11H2,(H,18,19). The van der Waals surface area contributed by atoms with E-state index in [0.29, 0.717) is 5.75 Å². The lowest BCUT2D eigenvalue weighted by molar-refractivity contribution is -0.140. The molecule has 0 heterocycles. The Labute approximate surface area is 116 Å². The van der Waals surface area contributed by atoms with Gasteiger partial charge in [0.1, 0.15) is 23.7 Å². The first-order valence-electron chi connectivity index (χ1n) is 6.19. The summed E-state index contributed by atoms with van der Waals surface area (Å²) in [6, 6.07) is 16.4. The Morgan fingerprint density at radius 2 is 1.50 bits per heavy atom. The Hall–Kier alpha value is -2.62. The van der Waals surface area contributed by atoms with Crippen LogP contribution in [0.1, 0.15) is 12.0 Å². The van der Waals surface area contributed by atoms with Crippen LogP contribution in [0, 0.1) is 0 Å². The molecule has 0 unspecified atom stereocenters. The average molecular weight is 270 g/mol. The van der Waals surface area contributed by atoms with Crippen molar-refractivity contribution in [3.8, 4) is 11.5 Å². The Kier molecular flexibility index (Phi) is 4.50. The first-order chi connectivity index (χ1) is 9.63. The number of carbonyl (C=O) groups excluding carboxylic acids is 1. The highest BCUT2D eigenvalue weighted by atomic mass is 16.5. The van der Waals surface area contributed by atoms with E-state index in [2.05, 4.69) is 0 Å². The van der Waals surface area contributed by atoms with Crippen LogP contribution in [0.25, 0.3) is 0 Å². The van der Waals surface area contributed by atoms with Crippen molar-refractivity contribution in [1.29, 1.82) is 0 Å². The van der Waals surface area contributed by atoms with Gasteiger partial charge in [-0.1, -0.05) is 30.3 Å². The first-order valence-corrected chi connectivity index (χ1v) is 6.19. The number of carboxylic acids is 1. The van der Waals surface area contributed by atoms with Crippen molar-refractivity contribution in [3.05, 3.63) is 60.2 Å². The molecule has 1 N–H and O–H groups in total. The van der Waals surface area contributed by atoms with Crippen LogP contribution < -0.4 is 4.74 Å². The number of carbonyl (C=O) groups is 2. The fourth-order valence-electron chi connectivity index (χ4n) is 1.76. The lowest BCUT2D eigenvalue weighted by Gasteiger charge is -2.06. The zero-order chi connectivity index (χ0) is 14.4. The van der Waals surface area contributed by atoms with Crippen molar-refractivity contribution in [3.63, 3.8) is 0 Å². The number of ether oxygens (including phenoxy) is 1. The van der Waals surface area contributed by atoms with Crippen LogP contribution in [0.5, 0.6) is 11.5 Å². The third-order valence-corrected chi connectivity index (χ3v) is 2.65. The topological polar surface area (TPSA) is 63.6 Å². The maximum atomic E-state index is 11.4. The van der Waals surface area contributed by atoms with Crippen LogP contribution >= 0.6 is 0 Å². The molecule has 4 heteroatoms. The number of ketones is 1. The van der Waals surface area contributed by atoms with Gasteiger partial charge >= 0.3 is 5.97 Å². The SMILES string of the molecule is O=C(O)CC(=O)Cc1ccc(Oc2ccccc2)cc1. The van der Waals surface area contributed by atoms with E-state index in [0.717, 1.165) is 11.3 Å². The molecular formula is C16H14O4. The molecule has 0 bridgehead atoms. The second-order valence-electron chi connectivity index (χ2n) is 4.35. The quantitative estimate of drug-likeness (QED) is 0.819. The summed E-state index contributed by atoms with van der Waals surface area (Å²) in [5, 5.41) is 8.53. The number of Topliss-reactive ketones (excluding diaryl/α,β-unsaturated/α-hetero) is 1. The minimum atomic E-state index is -1.10. The van der Waals surface area contributed by atoms with E-state index in [-0.39, 0.29) is 12.2 Å². The molecule has 0 saturated heterocycles. The monoisotopic (exact) mass is 270 g/mol. The predicted molar refractivity (Wildman–Crippen MR) is 73.9 cm³/mol. The van der Waals surface area contributed by atoms with Crippen LogP contribution in [-0.4, -0.2) is 16.9 Å². The number of hydrogen-bond acceptors (Lipinski definition) is 3. The zero-order valence-electron chi connectivity index (χ0n) is 10.8. The molecule has 0 atom stereocenters. The van der Waals surface area contributed by atoms with Gasteiger partial charge in [-0.25, -0.2) is 0 Å². The van der Waals surface area contributed by atoms with Gasteiger partial charge in [-0.15, -0.1) is 0 Å². The van der Waals surface area contributed by atoms with Crippen molar-refractivity contribution >= 4 is 11.8 Å². The van der Waals surface area contributed by atoms with Crippen LogP contribution in [0.4, 0.5) is 0 Å². The van der Waals surface area contributed by atoms with Crippen LogP contribution in [0.15, 0.2) is 54.6 Å². The van der Waals surface area contributed by atoms with Gasteiger partial charge in [0.05, 0.1) is 0 Å². The number of hydrogen-bond donors (Lipinski definition) is 1. The second-order valence-corrected chi connectivity index (χ2v) is 4.35. The third-order valence-electron chi connectivity index (χ3n) is 2.65. The Morgan fingerprint density at radius 1 is 0.900 bits per heavy atom. The fourth-order valence-corrected chi connectivity index (χ4v) is 1.76. The lowest BCUT2D eigenvalue weighted by Crippen LogP contribution is -2.09. The molecule has 0 amide bonds. The van der Waals surface area contributed by atoms with E-state index >= 15 is 0 Å². The summed E-state index contributed by atoms with van der Waals surface area (Å²) in [6.07, 6.45) is -0.319. The predicted octanol–water partition coefficient (Wildman–Crippen LogP) is 3.07. The molecule has 0 aliphatic carbocycles. The van der Waals surface area contributed by atoms with Crippen LogP contribution in [0.3, 0.4) is 0 Å². The third kappa shape index (κ3) is 4.24. The van der Waals surface area contributed by atoms with Crippen molar-refractivity contribution < 1.29 is 19.4 Å². The number of carboxylic acid groups (broad SMARTS) is 1. The van der Waals surface area contributed by atoms with Gasteiger partial charge in [0.15, 0.2) is 0 Å². The van der Waals surface area contributed by atoms with Gasteiger partial charge in [-0.2, -0.15) is 0 Å². The van der Waals surface area contributed by atoms with E-state index in [9.17, 15) is 9.59 Å². The van der Waals surface area contributed by atoms with Crippen molar-refractivity contribution in [1.82, 2.24) is 0 Å². The van der Waals surface area contributed by atoms with Crippen LogP contribution in [-0.2, 0) is 16.0 Å². The molecule has 20 heavy (non-hydrogen) atoms. The molecule has 2 aromatic carbocycles. The normalized spacial score (nSPS) is 10.0. The highest BCUT2D eigenvalue weighted by molar-refractivity contribution is 5.95. The minimum Gasteiger partial charge on any atom is -0.481 e. The summed E-state index contributed by atoms with van der Waals surface area (Å²) in [7, 11) is 0. The van der Waals surface area contributed by atoms with E-state index in [4.69, 9.17) is 9.84 Å². The van der Waals surface area contributed by atoms with Gasteiger partial charge < -0.3 is 9.84 Å². The van der Waals surface area contributed by atoms with E-state index in [1.165, 1.54) is 0 Å². The molecular weight excluding hydrogens is 256 g/mol. The summed E-state index contributed by atoms with van der Waals surface area (Å²) in [4.78, 5) is 21.8. The molecule has 4 nitrogen and oxygen atoms in total. The molecule has 0 aliphatic heterocycles. The van der Waals surface area contributed by atoms with Gasteiger partial charge in [0, 0.05) is 6.42 Å². The van der Waals surface area contributed by atoms with Gasteiger partial charge in [-0.3, -0.25) is 9.59 Å². The highest BCUT2D eigenvalue weighted by Gasteiger charge is 2.08. The van der Waals surface area contributed by atoms with Crippen molar-refractivity contribution in [2.75, 3.05) is 0 Å². The molecule has 0 saturated carbocycles. The Morgan fingerprint density at radius 3 is 2.10 bits per heavy atom. The van der Waals surface area contributed by atoms with Crippen molar-refractivity contribution in [2.45, 2.75) is 12.8 Å². The average Bonchev–Trinajstić information content (AvgIpc) is 2.41. The summed E-state index contributed by atoms with van der Waals surface area (Å²) >= 11 is 0. The fraction of sp³-hybridized carbons (Fsp3) is 0.125. The molecule has 0 radical (unpaired) electrons. The van der Waals surface area contributed by atoms with Crippen molar-refractivity contribution in [2.24, 2.45) is 0 Å². The largest absolute Gasteiger partial charge is 0.481 e. The highest BCUT2D eigenvalue weighted by Crippen LogP contribution is 2.21. The first kappa shape index (κ1) is 13.8. The lowest BCUT2D eigenvalue weighted by atomic mass is 10.1. The number of para-hydroxylation sites is 1. The van der Waals surface area contributed by atoms with Crippen LogP contribution in [0.2, 0.25) is 0 Å². The molecule has 102 valence electrons. The molecule has 0 aromatic heterocycles. The molecule has 2 aromatic rings. The second kappa shape index (κ2) is 6.52. The van der Waals surface area contributed by atoms with Gasteiger partial charge in [0.25, 0.3) is 0 Å². The summed E-state index contributed by atoms with van der Waals surface area (Å²) in [5.74, 6) is 0.00101. The summed E-state index contributed by atoms with van der Waals surface area (Å²) in [6.45, 7) is 0. The number of rotatable bonds is 6. The molecule has 0 aliphatic rings. The summed E-state index contributed by atoms with van der Waals surface area (Å²) in [5.41, 5.74) is 0.775. The van der Waals surface area contributed by atoms with E-state index < -0.39 is 12.4 Å². The van der Waals surface area contributed by atoms with E-state index in [1.54, 1.807) is 24.3 Å². The zero-order valence-corrected chi connectivity index (χ0v) is 10.8. The molecule has 2 rings (SSSR count).